The van der Waals surface area contributed by atoms with Gasteiger partial charge in [-0.2, -0.15) is 0 Å². The van der Waals surface area contributed by atoms with E-state index in [0.29, 0.717) is 31.2 Å². The molecule has 5 heteroatoms. The molecular weight excluding hydrogens is 232 g/mol. The molecule has 0 unspecified atom stereocenters. The maximum Gasteiger partial charge on any atom is 0.260 e. The van der Waals surface area contributed by atoms with Crippen LogP contribution in [0.4, 0.5) is 5.69 Å². The number of carbonyl (C=O) groups excluding carboxylic acids is 1. The smallest absolute Gasteiger partial charge is 0.260 e. The normalized spacial score (nSPS) is 10.1. The van der Waals surface area contributed by atoms with E-state index in [0.717, 1.165) is 0 Å². The third kappa shape index (κ3) is 5.05. The average Bonchev–Trinajstić information content (AvgIpc) is 2.36. The molecule has 0 aromatic heterocycles. The fourth-order valence-electron chi connectivity index (χ4n) is 1.33. The summed E-state index contributed by atoms with van der Waals surface area (Å²) in [6.07, 6.45) is 0. The Morgan fingerprint density at radius 2 is 2.22 bits per heavy atom. The lowest BCUT2D eigenvalue weighted by atomic mass is 10.3. The van der Waals surface area contributed by atoms with Gasteiger partial charge in [-0.3, -0.25) is 4.79 Å². The van der Waals surface area contributed by atoms with E-state index >= 15 is 0 Å². The lowest BCUT2D eigenvalue weighted by Gasteiger charge is -2.17. The monoisotopic (exact) mass is 252 g/mol. The molecule has 2 N–H and O–H groups in total. The number of amides is 1. The summed E-state index contributed by atoms with van der Waals surface area (Å²) in [5, 5.41) is 0. The number of nitrogen functional groups attached to an aromatic ring is 1. The van der Waals surface area contributed by atoms with Crippen LogP contribution in [-0.2, 0) is 9.53 Å². The second-order valence-electron chi connectivity index (χ2n) is 3.87. The molecular formula is C13H20N2O3. The van der Waals surface area contributed by atoms with Crippen molar-refractivity contribution in [1.82, 2.24) is 4.90 Å². The van der Waals surface area contributed by atoms with Crippen molar-refractivity contribution in [3.63, 3.8) is 0 Å². The maximum atomic E-state index is 11.7. The number of anilines is 1. The van der Waals surface area contributed by atoms with Gasteiger partial charge in [-0.25, -0.2) is 0 Å². The molecule has 0 radical (unpaired) electrons. The molecule has 5 nitrogen and oxygen atoms in total. The topological polar surface area (TPSA) is 64.8 Å². The molecule has 0 fully saturated rings. The van der Waals surface area contributed by atoms with Crippen molar-refractivity contribution < 1.29 is 14.3 Å². The summed E-state index contributed by atoms with van der Waals surface area (Å²) in [6.45, 7) is 3.68. The molecule has 100 valence electrons. The zero-order chi connectivity index (χ0) is 13.4. The third-order valence-electron chi connectivity index (χ3n) is 2.42. The van der Waals surface area contributed by atoms with Gasteiger partial charge in [0.2, 0.25) is 0 Å². The highest BCUT2D eigenvalue weighted by Crippen LogP contribution is 2.14. The van der Waals surface area contributed by atoms with Crippen LogP contribution >= 0.6 is 0 Å². The van der Waals surface area contributed by atoms with Crippen molar-refractivity contribution in [3.05, 3.63) is 24.3 Å². The van der Waals surface area contributed by atoms with E-state index in [1.54, 1.807) is 36.2 Å². The Morgan fingerprint density at radius 3 is 2.89 bits per heavy atom. The van der Waals surface area contributed by atoms with Gasteiger partial charge in [0.05, 0.1) is 6.61 Å². The standard InChI is InChI=1S/C13H20N2O3/c1-3-17-8-7-15(2)13(16)10-18-12-6-4-5-11(14)9-12/h4-6,9H,3,7-8,10,14H2,1-2H3. The zero-order valence-corrected chi connectivity index (χ0v) is 10.9. The van der Waals surface area contributed by atoms with E-state index in [1.807, 2.05) is 6.92 Å². The molecule has 0 aliphatic heterocycles. The Hall–Kier alpha value is -1.75. The predicted octanol–water partition coefficient (Wildman–Crippen LogP) is 1.14. The minimum absolute atomic E-state index is 0.00603. The highest BCUT2D eigenvalue weighted by atomic mass is 16.5. The van der Waals surface area contributed by atoms with Crippen molar-refractivity contribution in [2.45, 2.75) is 6.92 Å². The fourth-order valence-corrected chi connectivity index (χ4v) is 1.33. The van der Waals surface area contributed by atoms with E-state index < -0.39 is 0 Å². The van der Waals surface area contributed by atoms with Crippen LogP contribution in [0, 0.1) is 0 Å². The second kappa shape index (κ2) is 7.55. The first kappa shape index (κ1) is 14.3. The molecule has 0 spiro atoms. The summed E-state index contributed by atoms with van der Waals surface area (Å²) in [6, 6.07) is 7.01. The number of hydrogen-bond acceptors (Lipinski definition) is 4. The SMILES string of the molecule is CCOCCN(C)C(=O)COc1cccc(N)c1. The third-order valence-corrected chi connectivity index (χ3v) is 2.42. The van der Waals surface area contributed by atoms with Crippen molar-refractivity contribution in [1.29, 1.82) is 0 Å². The van der Waals surface area contributed by atoms with Gasteiger partial charge in [0.1, 0.15) is 5.75 Å². The molecule has 0 aliphatic carbocycles. The van der Waals surface area contributed by atoms with Crippen molar-refractivity contribution >= 4 is 11.6 Å². The van der Waals surface area contributed by atoms with Crippen LogP contribution in [0.3, 0.4) is 0 Å². The molecule has 0 heterocycles. The van der Waals surface area contributed by atoms with E-state index in [1.165, 1.54) is 0 Å². The Labute approximate surface area is 107 Å². The van der Waals surface area contributed by atoms with Crippen LogP contribution in [0.2, 0.25) is 0 Å². The van der Waals surface area contributed by atoms with Crippen LogP contribution in [0.5, 0.6) is 5.75 Å². The van der Waals surface area contributed by atoms with Crippen LogP contribution in [0.1, 0.15) is 6.92 Å². The predicted molar refractivity (Wildman–Crippen MR) is 70.5 cm³/mol. The lowest BCUT2D eigenvalue weighted by molar-refractivity contribution is -0.132. The molecule has 1 aromatic carbocycles. The van der Waals surface area contributed by atoms with Gasteiger partial charge in [0.15, 0.2) is 6.61 Å². The Bertz CT molecular complexity index is 382. The quantitative estimate of drug-likeness (QED) is 0.584. The second-order valence-corrected chi connectivity index (χ2v) is 3.87. The first-order valence-electron chi connectivity index (χ1n) is 5.93. The number of nitrogens with zero attached hydrogens (tertiary/aromatic N) is 1. The van der Waals surface area contributed by atoms with Crippen molar-refractivity contribution in [2.24, 2.45) is 0 Å². The number of hydrogen-bond donors (Lipinski definition) is 1. The molecule has 0 atom stereocenters. The summed E-state index contributed by atoms with van der Waals surface area (Å²) in [4.78, 5) is 13.3. The number of rotatable bonds is 7. The van der Waals surface area contributed by atoms with E-state index in [9.17, 15) is 4.79 Å². The molecule has 1 aromatic rings. The van der Waals surface area contributed by atoms with Crippen molar-refractivity contribution in [3.8, 4) is 5.75 Å². The number of carbonyl (C=O) groups is 1. The minimum Gasteiger partial charge on any atom is -0.484 e. The summed E-state index contributed by atoms with van der Waals surface area (Å²) in [5.74, 6) is 0.513. The van der Waals surface area contributed by atoms with Gasteiger partial charge in [0, 0.05) is 32.0 Å². The summed E-state index contributed by atoms with van der Waals surface area (Å²) < 4.78 is 10.5. The molecule has 1 amide bonds. The van der Waals surface area contributed by atoms with Gasteiger partial charge >= 0.3 is 0 Å². The number of benzene rings is 1. The minimum atomic E-state index is -0.0860. The van der Waals surface area contributed by atoms with Gasteiger partial charge in [-0.05, 0) is 19.1 Å². The van der Waals surface area contributed by atoms with Crippen LogP contribution < -0.4 is 10.5 Å². The van der Waals surface area contributed by atoms with Gasteiger partial charge in [0.25, 0.3) is 5.91 Å². The van der Waals surface area contributed by atoms with Crippen molar-refractivity contribution in [2.75, 3.05) is 39.1 Å². The number of likely N-dealkylation sites (N-methyl/N-ethyl adjacent to an activating group) is 1. The summed E-state index contributed by atoms with van der Waals surface area (Å²) >= 11 is 0. The first-order valence-corrected chi connectivity index (χ1v) is 5.93. The highest BCUT2D eigenvalue weighted by Gasteiger charge is 2.09. The Kier molecular flexibility index (Phi) is 6.00. The fraction of sp³-hybridized carbons (Fsp3) is 0.462. The van der Waals surface area contributed by atoms with Crippen LogP contribution in [-0.4, -0.2) is 44.2 Å². The van der Waals surface area contributed by atoms with Crippen LogP contribution in [0.15, 0.2) is 24.3 Å². The van der Waals surface area contributed by atoms with Crippen LogP contribution in [0.25, 0.3) is 0 Å². The molecule has 18 heavy (non-hydrogen) atoms. The van der Waals surface area contributed by atoms with E-state index in [-0.39, 0.29) is 12.5 Å². The lowest BCUT2D eigenvalue weighted by Crippen LogP contribution is -2.34. The molecule has 0 saturated heterocycles. The molecule has 1 rings (SSSR count). The first-order chi connectivity index (χ1) is 8.63. The number of nitrogens with two attached hydrogens (primary N) is 1. The average molecular weight is 252 g/mol. The number of ether oxygens (including phenoxy) is 2. The van der Waals surface area contributed by atoms with E-state index in [2.05, 4.69) is 0 Å². The highest BCUT2D eigenvalue weighted by molar-refractivity contribution is 5.77. The van der Waals surface area contributed by atoms with E-state index in [4.69, 9.17) is 15.2 Å². The summed E-state index contributed by atoms with van der Waals surface area (Å²) in [7, 11) is 1.73. The maximum absolute atomic E-state index is 11.7. The molecule has 0 saturated carbocycles. The Morgan fingerprint density at radius 1 is 1.44 bits per heavy atom. The molecule has 0 aliphatic rings. The largest absolute Gasteiger partial charge is 0.484 e. The zero-order valence-electron chi connectivity index (χ0n) is 10.9. The Balaban J connectivity index is 2.32. The van der Waals surface area contributed by atoms with Gasteiger partial charge in [-0.1, -0.05) is 6.07 Å². The van der Waals surface area contributed by atoms with Gasteiger partial charge < -0.3 is 20.1 Å². The summed E-state index contributed by atoms with van der Waals surface area (Å²) in [5.41, 5.74) is 6.23. The van der Waals surface area contributed by atoms with Gasteiger partial charge in [-0.15, -0.1) is 0 Å². The molecule has 0 bridgehead atoms.